The Bertz CT molecular complexity index is 1590. The highest BCUT2D eigenvalue weighted by atomic mass is 16.5. The molecule has 2 fully saturated rings. The number of methoxy groups -OCH3 is 2. The van der Waals surface area contributed by atoms with Crippen LogP contribution in [0.15, 0.2) is 73.1 Å². The second-order valence-corrected chi connectivity index (χ2v) is 10.9. The van der Waals surface area contributed by atoms with E-state index < -0.39 is 6.04 Å². The van der Waals surface area contributed by atoms with Gasteiger partial charge in [0.15, 0.2) is 11.5 Å². The van der Waals surface area contributed by atoms with Gasteiger partial charge in [0, 0.05) is 37.5 Å². The molecule has 10 heteroatoms. The van der Waals surface area contributed by atoms with E-state index >= 15 is 0 Å². The zero-order valence-electron chi connectivity index (χ0n) is 24.4. The van der Waals surface area contributed by atoms with Crippen molar-refractivity contribution in [3.05, 3.63) is 84.2 Å². The average Bonchev–Trinajstić information content (AvgIpc) is 3.31. The fraction of sp³-hybridized carbons (Fsp3) is 0.333. The number of piperidine rings is 1. The third-order valence-electron chi connectivity index (χ3n) is 8.19. The Morgan fingerprint density at radius 3 is 2.33 bits per heavy atom. The van der Waals surface area contributed by atoms with E-state index in [1.165, 1.54) is 4.90 Å². The molecule has 0 radical (unpaired) electrons. The number of amides is 3. The number of rotatable bonds is 10. The molecule has 3 amide bonds. The number of hydrogen-bond donors (Lipinski definition) is 1. The number of aromatic nitrogens is 2. The minimum atomic E-state index is -0.567. The van der Waals surface area contributed by atoms with Crippen molar-refractivity contribution in [2.45, 2.75) is 31.9 Å². The van der Waals surface area contributed by atoms with Gasteiger partial charge in [-0.15, -0.1) is 0 Å². The summed E-state index contributed by atoms with van der Waals surface area (Å²) in [6.45, 7) is 2.43. The Kier molecular flexibility index (Phi) is 8.26. The molecule has 3 heterocycles. The summed E-state index contributed by atoms with van der Waals surface area (Å²) in [5.74, 6) is 2.90. The molecule has 1 aromatic heterocycles. The standard InChI is InChI=1S/C33H35N5O5/c1-41-29-17-26-27(18-30(29)42-2)34-21-35-31(26)37-14-12-23(13-15-37)19-38-32(39)28(36-33(38)40)16-22-8-10-25(11-9-22)43-20-24-6-4-3-5-7-24/h3-11,17-18,21,23,28H,12-16,19-20H2,1-2H3,(H,36,40). The first-order valence-electron chi connectivity index (χ1n) is 14.5. The van der Waals surface area contributed by atoms with E-state index in [2.05, 4.69) is 20.2 Å². The normalized spacial score (nSPS) is 17.3. The quantitative estimate of drug-likeness (QED) is 0.271. The topological polar surface area (TPSA) is 106 Å². The molecule has 10 nitrogen and oxygen atoms in total. The molecule has 0 spiro atoms. The molecule has 1 N–H and O–H groups in total. The highest BCUT2D eigenvalue weighted by Crippen LogP contribution is 2.36. The van der Waals surface area contributed by atoms with Gasteiger partial charge < -0.3 is 24.4 Å². The summed E-state index contributed by atoms with van der Waals surface area (Å²) in [5, 5.41) is 3.78. The molecule has 2 aliphatic heterocycles. The van der Waals surface area contributed by atoms with Crippen LogP contribution in [0.1, 0.15) is 24.0 Å². The van der Waals surface area contributed by atoms with Crippen molar-refractivity contribution >= 4 is 28.7 Å². The van der Waals surface area contributed by atoms with Gasteiger partial charge in [-0.3, -0.25) is 9.69 Å². The Balaban J connectivity index is 1.03. The molecule has 0 bridgehead atoms. The number of hydrogen-bond acceptors (Lipinski definition) is 8. The van der Waals surface area contributed by atoms with E-state index in [0.717, 1.165) is 59.5 Å². The van der Waals surface area contributed by atoms with Crippen LogP contribution in [0.25, 0.3) is 10.9 Å². The highest BCUT2D eigenvalue weighted by Gasteiger charge is 2.39. The molecule has 222 valence electrons. The zero-order valence-corrected chi connectivity index (χ0v) is 24.4. The summed E-state index contributed by atoms with van der Waals surface area (Å²) in [4.78, 5) is 38.6. The number of nitrogens with zero attached hydrogens (tertiary/aromatic N) is 4. The maximum atomic E-state index is 13.2. The summed E-state index contributed by atoms with van der Waals surface area (Å²) in [6, 6.07) is 20.6. The number of urea groups is 1. The van der Waals surface area contributed by atoms with Crippen LogP contribution >= 0.6 is 0 Å². The molecule has 2 saturated heterocycles. The van der Waals surface area contributed by atoms with Crippen LogP contribution in [0, 0.1) is 5.92 Å². The Morgan fingerprint density at radius 2 is 1.60 bits per heavy atom. The van der Waals surface area contributed by atoms with Gasteiger partial charge >= 0.3 is 6.03 Å². The molecular formula is C33H35N5O5. The third kappa shape index (κ3) is 6.18. The van der Waals surface area contributed by atoms with Crippen molar-refractivity contribution in [2.75, 3.05) is 38.8 Å². The van der Waals surface area contributed by atoms with E-state index in [4.69, 9.17) is 14.2 Å². The fourth-order valence-corrected chi connectivity index (χ4v) is 5.79. The number of benzene rings is 3. The van der Waals surface area contributed by atoms with Crippen molar-refractivity contribution in [1.29, 1.82) is 0 Å². The molecular weight excluding hydrogens is 546 g/mol. The minimum Gasteiger partial charge on any atom is -0.493 e. The lowest BCUT2D eigenvalue weighted by molar-refractivity contribution is -0.127. The lowest BCUT2D eigenvalue weighted by Crippen LogP contribution is -2.41. The van der Waals surface area contributed by atoms with Crippen LogP contribution in [0.5, 0.6) is 17.2 Å². The summed E-state index contributed by atoms with van der Waals surface area (Å²) in [6.07, 6.45) is 3.68. The van der Waals surface area contributed by atoms with Crippen molar-refractivity contribution in [2.24, 2.45) is 5.92 Å². The second-order valence-electron chi connectivity index (χ2n) is 10.9. The number of nitrogens with one attached hydrogen (secondary N) is 1. The van der Waals surface area contributed by atoms with Gasteiger partial charge in [0.05, 0.1) is 19.7 Å². The first-order chi connectivity index (χ1) is 21.0. The first-order valence-corrected chi connectivity index (χ1v) is 14.5. The van der Waals surface area contributed by atoms with Gasteiger partial charge in [-0.1, -0.05) is 42.5 Å². The van der Waals surface area contributed by atoms with E-state index in [-0.39, 0.29) is 17.9 Å². The van der Waals surface area contributed by atoms with Gasteiger partial charge in [0.25, 0.3) is 5.91 Å². The Hall–Kier alpha value is -4.86. The number of anilines is 1. The third-order valence-corrected chi connectivity index (χ3v) is 8.19. The van der Waals surface area contributed by atoms with Gasteiger partial charge in [-0.2, -0.15) is 0 Å². The van der Waals surface area contributed by atoms with E-state index in [1.807, 2.05) is 66.7 Å². The fourth-order valence-electron chi connectivity index (χ4n) is 5.79. The molecule has 4 aromatic rings. The maximum Gasteiger partial charge on any atom is 0.324 e. The number of ether oxygens (including phenoxy) is 3. The van der Waals surface area contributed by atoms with Crippen LogP contribution in [0.3, 0.4) is 0 Å². The molecule has 2 aliphatic rings. The Labute approximate surface area is 250 Å². The largest absolute Gasteiger partial charge is 0.493 e. The van der Waals surface area contributed by atoms with Crippen LogP contribution in [-0.4, -0.2) is 66.7 Å². The summed E-state index contributed by atoms with van der Waals surface area (Å²) < 4.78 is 16.8. The predicted molar refractivity (Wildman–Crippen MR) is 163 cm³/mol. The van der Waals surface area contributed by atoms with Crippen molar-refractivity contribution in [1.82, 2.24) is 20.2 Å². The Morgan fingerprint density at radius 1 is 0.884 bits per heavy atom. The number of carbonyl (C=O) groups is 2. The lowest BCUT2D eigenvalue weighted by Gasteiger charge is -2.34. The lowest BCUT2D eigenvalue weighted by atomic mass is 9.95. The monoisotopic (exact) mass is 581 g/mol. The number of carbonyl (C=O) groups excluding carboxylic acids is 2. The first kappa shape index (κ1) is 28.3. The molecule has 1 unspecified atom stereocenters. The molecule has 0 aliphatic carbocycles. The molecule has 3 aromatic carbocycles. The smallest absolute Gasteiger partial charge is 0.324 e. The van der Waals surface area contributed by atoms with Crippen molar-refractivity contribution in [3.63, 3.8) is 0 Å². The van der Waals surface area contributed by atoms with Crippen molar-refractivity contribution < 1.29 is 23.8 Å². The highest BCUT2D eigenvalue weighted by molar-refractivity contribution is 6.04. The average molecular weight is 582 g/mol. The second kappa shape index (κ2) is 12.6. The van der Waals surface area contributed by atoms with Gasteiger partial charge in [-0.25, -0.2) is 14.8 Å². The van der Waals surface area contributed by atoms with Crippen molar-refractivity contribution in [3.8, 4) is 17.2 Å². The number of fused-ring (bicyclic) bond motifs is 1. The molecule has 6 rings (SSSR count). The number of imide groups is 1. The van der Waals surface area contributed by atoms with E-state index in [1.54, 1.807) is 20.5 Å². The van der Waals surface area contributed by atoms with Crippen LogP contribution in [0.4, 0.5) is 10.6 Å². The van der Waals surface area contributed by atoms with Crippen LogP contribution < -0.4 is 24.4 Å². The van der Waals surface area contributed by atoms with E-state index in [0.29, 0.717) is 31.1 Å². The summed E-state index contributed by atoms with van der Waals surface area (Å²) in [7, 11) is 3.21. The van der Waals surface area contributed by atoms with Crippen LogP contribution in [0.2, 0.25) is 0 Å². The van der Waals surface area contributed by atoms with Gasteiger partial charge in [0.1, 0.15) is 30.5 Å². The zero-order chi connectivity index (χ0) is 29.8. The maximum absolute atomic E-state index is 13.2. The SMILES string of the molecule is COc1cc2ncnc(N3CCC(CN4C(=O)NC(Cc5ccc(OCc6ccccc6)cc5)C4=O)CC3)c2cc1OC. The molecule has 0 saturated carbocycles. The van der Waals surface area contributed by atoms with E-state index in [9.17, 15) is 9.59 Å². The van der Waals surface area contributed by atoms with Gasteiger partial charge in [-0.05, 0) is 48.1 Å². The van der Waals surface area contributed by atoms with Gasteiger partial charge in [0.2, 0.25) is 0 Å². The summed E-state index contributed by atoms with van der Waals surface area (Å²) >= 11 is 0. The molecule has 1 atom stereocenters. The minimum absolute atomic E-state index is 0.167. The predicted octanol–water partition coefficient (Wildman–Crippen LogP) is 4.61. The van der Waals surface area contributed by atoms with Crippen LogP contribution in [-0.2, 0) is 17.8 Å². The summed E-state index contributed by atoms with van der Waals surface area (Å²) in [5.41, 5.74) is 2.84. The molecule has 43 heavy (non-hydrogen) atoms.